The molecule has 2 rings (SSSR count). The Morgan fingerprint density at radius 1 is 1.35 bits per heavy atom. The van der Waals surface area contributed by atoms with E-state index in [0.717, 1.165) is 6.42 Å². The molecule has 0 saturated heterocycles. The minimum Gasteiger partial charge on any atom is -0.482 e. The number of ether oxygens (including phenoxy) is 1. The molecule has 7 heteroatoms. The van der Waals surface area contributed by atoms with Crippen molar-refractivity contribution in [2.24, 2.45) is 0 Å². The molecule has 0 radical (unpaired) electrons. The molecule has 2 aromatic rings. The molecular weight excluding hydrogens is 278 g/mol. The lowest BCUT2D eigenvalue weighted by molar-refractivity contribution is 0.390. The van der Waals surface area contributed by atoms with Crippen LogP contribution in [-0.4, -0.2) is 43.3 Å². The van der Waals surface area contributed by atoms with Crippen LogP contribution in [0.2, 0.25) is 0 Å². The summed E-state index contributed by atoms with van der Waals surface area (Å²) in [5.74, 6) is 1.28. The lowest BCUT2D eigenvalue weighted by atomic mass is 10.3. The zero-order valence-corrected chi connectivity index (χ0v) is 12.9. The largest absolute Gasteiger partial charge is 0.482 e. The van der Waals surface area contributed by atoms with E-state index in [4.69, 9.17) is 4.74 Å². The summed E-state index contributed by atoms with van der Waals surface area (Å²) in [7, 11) is 0.980. The van der Waals surface area contributed by atoms with Crippen molar-refractivity contribution >= 4 is 15.5 Å². The second-order valence-electron chi connectivity index (χ2n) is 4.66. The van der Waals surface area contributed by atoms with Gasteiger partial charge in [0.15, 0.2) is 10.9 Å². The van der Waals surface area contributed by atoms with E-state index in [1.807, 2.05) is 6.92 Å². The van der Waals surface area contributed by atoms with E-state index < -0.39 is 10.0 Å². The molecule has 0 aliphatic rings. The summed E-state index contributed by atoms with van der Waals surface area (Å²) in [4.78, 5) is 4.33. The predicted octanol–water partition coefficient (Wildman–Crippen LogP) is 1.55. The first-order valence-electron chi connectivity index (χ1n) is 6.40. The Morgan fingerprint density at radius 2 is 2.05 bits per heavy atom. The van der Waals surface area contributed by atoms with Crippen molar-refractivity contribution in [3.8, 4) is 5.88 Å². The van der Waals surface area contributed by atoms with Gasteiger partial charge in [-0.2, -0.15) is 0 Å². The lowest BCUT2D eigenvalue weighted by Gasteiger charge is -2.09. The summed E-state index contributed by atoms with van der Waals surface area (Å²) in [6, 6.07) is 5.30. The highest BCUT2D eigenvalue weighted by molar-refractivity contribution is 7.89. The first-order chi connectivity index (χ1) is 9.43. The highest BCUT2D eigenvalue weighted by Crippen LogP contribution is 2.25. The number of hydrogen-bond donors (Lipinski definition) is 0. The van der Waals surface area contributed by atoms with Crippen LogP contribution in [0.15, 0.2) is 23.2 Å². The highest BCUT2D eigenvalue weighted by Gasteiger charge is 2.26. The molecule has 0 fully saturated rings. The first-order valence-corrected chi connectivity index (χ1v) is 7.84. The zero-order valence-electron chi connectivity index (χ0n) is 12.1. The molecular formula is C13H19N3O3S. The number of methoxy groups -OCH3 is 1. The third-order valence-electron chi connectivity index (χ3n) is 3.07. The van der Waals surface area contributed by atoms with Gasteiger partial charge in [0, 0.05) is 20.5 Å². The third kappa shape index (κ3) is 2.27. The molecule has 6 nitrogen and oxygen atoms in total. The number of fused-ring (bicyclic) bond motifs is 1. The van der Waals surface area contributed by atoms with Gasteiger partial charge in [0.05, 0.1) is 12.6 Å². The van der Waals surface area contributed by atoms with Gasteiger partial charge in [-0.1, -0.05) is 13.0 Å². The molecule has 0 aromatic carbocycles. The number of hydrogen-bond acceptors (Lipinski definition) is 4. The molecule has 0 aliphatic heterocycles. The van der Waals surface area contributed by atoms with Crippen molar-refractivity contribution in [1.29, 1.82) is 0 Å². The maximum absolute atomic E-state index is 12.4. The summed E-state index contributed by atoms with van der Waals surface area (Å²) >= 11 is 0. The predicted molar refractivity (Wildman–Crippen MR) is 76.6 cm³/mol. The molecule has 0 bridgehead atoms. The van der Waals surface area contributed by atoms with Crippen LogP contribution in [0.3, 0.4) is 0 Å². The van der Waals surface area contributed by atoms with Crippen molar-refractivity contribution in [2.45, 2.75) is 24.8 Å². The molecule has 2 heterocycles. The lowest BCUT2D eigenvalue weighted by Crippen LogP contribution is -2.22. The number of aromatic nitrogens is 2. The SMILES string of the molecule is CCCc1nc(S(=O)(=O)N(C)C)c2cccc(OC)n12. The summed E-state index contributed by atoms with van der Waals surface area (Å²) in [5.41, 5.74) is 0.543. The van der Waals surface area contributed by atoms with E-state index >= 15 is 0 Å². The Morgan fingerprint density at radius 3 is 2.60 bits per heavy atom. The van der Waals surface area contributed by atoms with Crippen molar-refractivity contribution in [3.05, 3.63) is 24.0 Å². The van der Waals surface area contributed by atoms with Crippen molar-refractivity contribution in [2.75, 3.05) is 21.2 Å². The van der Waals surface area contributed by atoms with Crippen LogP contribution in [0, 0.1) is 0 Å². The molecule has 2 aromatic heterocycles. The van der Waals surface area contributed by atoms with Crippen LogP contribution in [-0.2, 0) is 16.4 Å². The topological polar surface area (TPSA) is 63.9 Å². The van der Waals surface area contributed by atoms with E-state index in [2.05, 4.69) is 4.98 Å². The van der Waals surface area contributed by atoms with Gasteiger partial charge in [0.1, 0.15) is 5.82 Å². The Hall–Kier alpha value is -1.60. The van der Waals surface area contributed by atoms with Crippen LogP contribution in [0.1, 0.15) is 19.2 Å². The number of sulfonamides is 1. The Kier molecular flexibility index (Phi) is 4.01. The fraction of sp³-hybridized carbons (Fsp3) is 0.462. The number of aryl methyl sites for hydroxylation is 1. The van der Waals surface area contributed by atoms with E-state index in [1.54, 1.807) is 29.7 Å². The fourth-order valence-corrected chi connectivity index (χ4v) is 3.05. The fourth-order valence-electron chi connectivity index (χ4n) is 2.06. The van der Waals surface area contributed by atoms with E-state index in [0.29, 0.717) is 23.6 Å². The number of nitrogens with zero attached hydrogens (tertiary/aromatic N) is 3. The summed E-state index contributed by atoms with van der Waals surface area (Å²) in [6.07, 6.45) is 1.56. The van der Waals surface area contributed by atoms with Gasteiger partial charge in [0.25, 0.3) is 10.0 Å². The molecule has 0 atom stereocenters. The highest BCUT2D eigenvalue weighted by atomic mass is 32.2. The van der Waals surface area contributed by atoms with Gasteiger partial charge in [-0.25, -0.2) is 17.7 Å². The minimum atomic E-state index is -3.58. The Labute approximate surface area is 119 Å². The van der Waals surface area contributed by atoms with Gasteiger partial charge >= 0.3 is 0 Å². The average Bonchev–Trinajstić information content (AvgIpc) is 2.78. The van der Waals surface area contributed by atoms with Gasteiger partial charge in [-0.05, 0) is 18.6 Å². The summed E-state index contributed by atoms with van der Waals surface area (Å²) < 4.78 is 33.0. The monoisotopic (exact) mass is 297 g/mol. The van der Waals surface area contributed by atoms with Crippen molar-refractivity contribution in [1.82, 2.24) is 13.7 Å². The van der Waals surface area contributed by atoms with Crippen LogP contribution >= 0.6 is 0 Å². The molecule has 0 unspecified atom stereocenters. The first kappa shape index (κ1) is 14.8. The van der Waals surface area contributed by atoms with Gasteiger partial charge in [-0.3, -0.25) is 4.40 Å². The van der Waals surface area contributed by atoms with Crippen LogP contribution in [0.25, 0.3) is 5.52 Å². The third-order valence-corrected chi connectivity index (χ3v) is 4.82. The average molecular weight is 297 g/mol. The number of imidazole rings is 1. The van der Waals surface area contributed by atoms with Crippen molar-refractivity contribution < 1.29 is 13.2 Å². The van der Waals surface area contributed by atoms with Crippen LogP contribution in [0.4, 0.5) is 0 Å². The molecule has 0 spiro atoms. The maximum Gasteiger partial charge on any atom is 0.262 e. The second kappa shape index (κ2) is 5.41. The van der Waals surface area contributed by atoms with Crippen LogP contribution in [0.5, 0.6) is 5.88 Å². The van der Waals surface area contributed by atoms with E-state index in [9.17, 15) is 8.42 Å². The molecule has 0 amide bonds. The second-order valence-corrected chi connectivity index (χ2v) is 6.73. The van der Waals surface area contributed by atoms with Gasteiger partial charge in [0.2, 0.25) is 0 Å². The summed E-state index contributed by atoms with van der Waals surface area (Å²) in [5, 5.41) is 0.0739. The molecule has 110 valence electrons. The normalized spacial score (nSPS) is 12.2. The standard InChI is InChI=1S/C13H19N3O3S/c1-5-7-11-14-13(20(17,18)15(2)3)10-8-6-9-12(19-4)16(10)11/h6,8-9H,5,7H2,1-4H3. The number of rotatable bonds is 5. The Bertz CT molecular complexity index is 720. The van der Waals surface area contributed by atoms with Crippen molar-refractivity contribution in [3.63, 3.8) is 0 Å². The zero-order chi connectivity index (χ0) is 14.9. The molecule has 0 aliphatic carbocycles. The van der Waals surface area contributed by atoms with Gasteiger partial charge in [-0.15, -0.1) is 0 Å². The van der Waals surface area contributed by atoms with E-state index in [1.165, 1.54) is 18.4 Å². The molecule has 0 N–H and O–H groups in total. The molecule has 0 saturated carbocycles. The number of pyridine rings is 1. The van der Waals surface area contributed by atoms with E-state index in [-0.39, 0.29) is 5.03 Å². The molecule has 20 heavy (non-hydrogen) atoms. The van der Waals surface area contributed by atoms with Crippen LogP contribution < -0.4 is 4.74 Å². The quantitative estimate of drug-likeness (QED) is 0.840. The summed E-state index contributed by atoms with van der Waals surface area (Å²) in [6.45, 7) is 2.02. The smallest absolute Gasteiger partial charge is 0.262 e. The Balaban J connectivity index is 2.82. The van der Waals surface area contributed by atoms with Gasteiger partial charge < -0.3 is 4.74 Å². The maximum atomic E-state index is 12.4. The minimum absolute atomic E-state index is 0.0739.